The van der Waals surface area contributed by atoms with E-state index in [0.717, 1.165) is 18.9 Å². The number of rotatable bonds is 3. The second kappa shape index (κ2) is 4.41. The van der Waals surface area contributed by atoms with Crippen molar-refractivity contribution in [2.75, 3.05) is 18.0 Å². The lowest BCUT2D eigenvalue weighted by Gasteiger charge is -2.18. The van der Waals surface area contributed by atoms with E-state index in [2.05, 4.69) is 28.7 Å². The van der Waals surface area contributed by atoms with Crippen molar-refractivity contribution < 1.29 is 0 Å². The van der Waals surface area contributed by atoms with Crippen LogP contribution in [0.25, 0.3) is 0 Å². The Morgan fingerprint density at radius 3 is 2.38 bits per heavy atom. The van der Waals surface area contributed by atoms with Crippen LogP contribution in [0.3, 0.4) is 0 Å². The summed E-state index contributed by atoms with van der Waals surface area (Å²) in [6, 6.07) is 1.94. The lowest BCUT2D eigenvalue weighted by Crippen LogP contribution is -2.23. The topological polar surface area (TPSA) is 52.8 Å². The normalized spacial score (nSPS) is 9.31. The van der Waals surface area contributed by atoms with Gasteiger partial charge in [-0.3, -0.25) is 0 Å². The Hall–Kier alpha value is -1.63. The van der Waals surface area contributed by atoms with E-state index in [4.69, 9.17) is 5.26 Å². The van der Waals surface area contributed by atoms with Gasteiger partial charge in [0.25, 0.3) is 0 Å². The van der Waals surface area contributed by atoms with Crippen LogP contribution >= 0.6 is 0 Å². The minimum Gasteiger partial charge on any atom is -0.356 e. The van der Waals surface area contributed by atoms with E-state index in [1.54, 1.807) is 6.20 Å². The molecule has 1 heterocycles. The molecule has 0 saturated carbocycles. The smallest absolute Gasteiger partial charge is 0.158 e. The van der Waals surface area contributed by atoms with Crippen molar-refractivity contribution in [1.82, 2.24) is 9.97 Å². The summed E-state index contributed by atoms with van der Waals surface area (Å²) in [5.41, 5.74) is 0.357. The number of nitrogens with zero attached hydrogens (tertiary/aromatic N) is 4. The van der Waals surface area contributed by atoms with Gasteiger partial charge < -0.3 is 4.90 Å². The van der Waals surface area contributed by atoms with Gasteiger partial charge in [0, 0.05) is 13.1 Å². The second-order valence-corrected chi connectivity index (χ2v) is 2.54. The predicted octanol–water partition coefficient (Wildman–Crippen LogP) is 1.19. The maximum Gasteiger partial charge on any atom is 0.158 e. The van der Waals surface area contributed by atoms with Crippen LogP contribution in [-0.4, -0.2) is 23.1 Å². The third-order valence-electron chi connectivity index (χ3n) is 1.84. The molecule has 13 heavy (non-hydrogen) atoms. The summed E-state index contributed by atoms with van der Waals surface area (Å²) in [6.07, 6.45) is 3.12. The van der Waals surface area contributed by atoms with Crippen LogP contribution in [0.15, 0.2) is 12.4 Å². The van der Waals surface area contributed by atoms with Crippen molar-refractivity contribution in [3.63, 3.8) is 0 Å². The molecule has 1 aromatic rings. The zero-order valence-corrected chi connectivity index (χ0v) is 7.86. The van der Waals surface area contributed by atoms with Gasteiger partial charge in [-0.1, -0.05) is 0 Å². The largest absolute Gasteiger partial charge is 0.356 e. The van der Waals surface area contributed by atoms with Gasteiger partial charge in [0.05, 0.1) is 12.4 Å². The summed E-state index contributed by atoms with van der Waals surface area (Å²) in [7, 11) is 0. The average molecular weight is 176 g/mol. The molecule has 1 aromatic heterocycles. The van der Waals surface area contributed by atoms with E-state index in [1.165, 1.54) is 6.20 Å². The van der Waals surface area contributed by atoms with E-state index >= 15 is 0 Å². The van der Waals surface area contributed by atoms with Gasteiger partial charge in [-0.25, -0.2) is 9.97 Å². The number of nitriles is 1. The van der Waals surface area contributed by atoms with Gasteiger partial charge in [0.15, 0.2) is 5.69 Å². The summed E-state index contributed by atoms with van der Waals surface area (Å²) < 4.78 is 0. The van der Waals surface area contributed by atoms with E-state index in [0.29, 0.717) is 5.69 Å². The fourth-order valence-corrected chi connectivity index (χ4v) is 1.09. The predicted molar refractivity (Wildman–Crippen MR) is 50.3 cm³/mol. The highest BCUT2D eigenvalue weighted by Crippen LogP contribution is 2.07. The van der Waals surface area contributed by atoms with Crippen LogP contribution in [0.2, 0.25) is 0 Å². The Labute approximate surface area is 77.8 Å². The van der Waals surface area contributed by atoms with Crippen molar-refractivity contribution in [2.45, 2.75) is 13.8 Å². The first-order valence-electron chi connectivity index (χ1n) is 4.28. The maximum absolute atomic E-state index is 8.52. The van der Waals surface area contributed by atoms with E-state index in [9.17, 15) is 0 Å². The molecule has 0 amide bonds. The van der Waals surface area contributed by atoms with Gasteiger partial charge in [-0.05, 0) is 13.8 Å². The lowest BCUT2D eigenvalue weighted by molar-refractivity contribution is 0.839. The Morgan fingerprint density at radius 1 is 1.31 bits per heavy atom. The third kappa shape index (κ3) is 2.15. The molecule has 0 unspecified atom stereocenters. The van der Waals surface area contributed by atoms with Crippen LogP contribution in [0.5, 0.6) is 0 Å². The Morgan fingerprint density at radius 2 is 2.00 bits per heavy atom. The van der Waals surface area contributed by atoms with Crippen LogP contribution in [-0.2, 0) is 0 Å². The molecule has 0 saturated heterocycles. The zero-order valence-electron chi connectivity index (χ0n) is 7.86. The van der Waals surface area contributed by atoms with Crippen molar-refractivity contribution in [3.8, 4) is 6.07 Å². The molecule has 0 aliphatic heterocycles. The molecule has 0 aliphatic rings. The summed E-state index contributed by atoms with van der Waals surface area (Å²) in [4.78, 5) is 10.2. The van der Waals surface area contributed by atoms with Gasteiger partial charge in [0.1, 0.15) is 11.9 Å². The summed E-state index contributed by atoms with van der Waals surface area (Å²) in [5.74, 6) is 0.823. The molecule has 0 aromatic carbocycles. The highest BCUT2D eigenvalue weighted by atomic mass is 15.2. The zero-order chi connectivity index (χ0) is 9.68. The van der Waals surface area contributed by atoms with Gasteiger partial charge in [0.2, 0.25) is 0 Å². The Kier molecular flexibility index (Phi) is 3.21. The summed E-state index contributed by atoms with van der Waals surface area (Å²) in [5, 5.41) is 8.52. The Bertz CT molecular complexity index is 294. The van der Waals surface area contributed by atoms with Gasteiger partial charge >= 0.3 is 0 Å². The first kappa shape index (κ1) is 9.46. The molecule has 0 fully saturated rings. The molecular formula is C9H12N4. The molecule has 4 heteroatoms. The van der Waals surface area contributed by atoms with Crippen LogP contribution in [0.1, 0.15) is 19.5 Å². The van der Waals surface area contributed by atoms with Crippen LogP contribution < -0.4 is 4.90 Å². The third-order valence-corrected chi connectivity index (χ3v) is 1.84. The standard InChI is InChI=1S/C9H12N4/c1-3-13(4-2)9-7-11-8(5-10)6-12-9/h6-7H,3-4H2,1-2H3. The van der Waals surface area contributed by atoms with E-state index < -0.39 is 0 Å². The average Bonchev–Trinajstić information content (AvgIpc) is 2.21. The summed E-state index contributed by atoms with van der Waals surface area (Å²) >= 11 is 0. The molecule has 0 spiro atoms. The van der Waals surface area contributed by atoms with Gasteiger partial charge in [-0.15, -0.1) is 0 Å². The number of hydrogen-bond donors (Lipinski definition) is 0. The molecule has 0 radical (unpaired) electrons. The quantitative estimate of drug-likeness (QED) is 0.694. The lowest BCUT2D eigenvalue weighted by atomic mass is 10.4. The van der Waals surface area contributed by atoms with Crippen molar-refractivity contribution in [2.24, 2.45) is 0 Å². The monoisotopic (exact) mass is 176 g/mol. The molecule has 4 nitrogen and oxygen atoms in total. The Balaban J connectivity index is 2.85. The highest BCUT2D eigenvalue weighted by molar-refractivity contribution is 5.36. The SMILES string of the molecule is CCN(CC)c1cnc(C#N)cn1. The first-order chi connectivity index (χ1) is 6.31. The highest BCUT2D eigenvalue weighted by Gasteiger charge is 2.02. The van der Waals surface area contributed by atoms with Crippen molar-refractivity contribution >= 4 is 5.82 Å². The maximum atomic E-state index is 8.52. The van der Waals surface area contributed by atoms with Crippen LogP contribution in [0, 0.1) is 11.3 Å². The van der Waals surface area contributed by atoms with E-state index in [1.807, 2.05) is 6.07 Å². The number of hydrogen-bond acceptors (Lipinski definition) is 4. The van der Waals surface area contributed by atoms with Crippen LogP contribution in [0.4, 0.5) is 5.82 Å². The first-order valence-corrected chi connectivity index (χ1v) is 4.28. The van der Waals surface area contributed by atoms with Crippen molar-refractivity contribution in [3.05, 3.63) is 18.1 Å². The molecule has 1 rings (SSSR count). The fraction of sp³-hybridized carbons (Fsp3) is 0.444. The summed E-state index contributed by atoms with van der Waals surface area (Å²) in [6.45, 7) is 5.92. The molecule has 0 atom stereocenters. The fourth-order valence-electron chi connectivity index (χ4n) is 1.09. The van der Waals surface area contributed by atoms with Crippen molar-refractivity contribution in [1.29, 1.82) is 5.26 Å². The second-order valence-electron chi connectivity index (χ2n) is 2.54. The molecule has 0 bridgehead atoms. The molecular weight excluding hydrogens is 164 g/mol. The molecule has 0 N–H and O–H groups in total. The molecule has 68 valence electrons. The number of anilines is 1. The van der Waals surface area contributed by atoms with E-state index in [-0.39, 0.29) is 0 Å². The minimum absolute atomic E-state index is 0.357. The van der Waals surface area contributed by atoms with Gasteiger partial charge in [-0.2, -0.15) is 5.26 Å². The molecule has 0 aliphatic carbocycles. The minimum atomic E-state index is 0.357. The number of aromatic nitrogens is 2.